The number of amides is 6. The number of imide groups is 1. The molecule has 18 nitrogen and oxygen atoms in total. The molecule has 0 aliphatic carbocycles. The highest BCUT2D eigenvalue weighted by molar-refractivity contribution is 7.90. The molecule has 2 unspecified atom stereocenters. The third-order valence-electron chi connectivity index (χ3n) is 14.0. The predicted octanol–water partition coefficient (Wildman–Crippen LogP) is 5.93. The molecule has 0 spiro atoms. The van der Waals surface area contributed by atoms with Gasteiger partial charge in [0.25, 0.3) is 11.8 Å². The Balaban J connectivity index is 0.859. The van der Waals surface area contributed by atoms with Gasteiger partial charge in [-0.3, -0.25) is 33.7 Å². The van der Waals surface area contributed by atoms with Gasteiger partial charge in [0.05, 0.1) is 65.4 Å². The van der Waals surface area contributed by atoms with E-state index in [2.05, 4.69) is 20.9 Å². The number of carbonyl (C=O) groups excluding carboxylic acids is 6. The van der Waals surface area contributed by atoms with Gasteiger partial charge in [-0.15, -0.1) is 11.3 Å². The molecular weight excluding hydrogens is 987 g/mol. The van der Waals surface area contributed by atoms with E-state index < -0.39 is 63.0 Å². The number of anilines is 1. The minimum Gasteiger partial charge on any atom is -0.493 e. The molecule has 4 aromatic rings. The topological polar surface area (TPSA) is 234 Å². The Morgan fingerprint density at radius 2 is 1.70 bits per heavy atom. The molecule has 0 saturated carbocycles. The number of nitrogens with zero attached hydrogens (tertiary/aromatic N) is 4. The molecule has 4 N–H and O–H groups in total. The molecule has 0 radical (unpaired) electrons. The van der Waals surface area contributed by atoms with E-state index >= 15 is 0 Å². The Bertz CT molecular complexity index is 2820. The predicted molar refractivity (Wildman–Crippen MR) is 281 cm³/mol. The first-order chi connectivity index (χ1) is 35.2. The second kappa shape index (κ2) is 23.9. The van der Waals surface area contributed by atoms with E-state index in [1.807, 2.05) is 52.0 Å². The Labute approximate surface area is 437 Å². The lowest BCUT2D eigenvalue weighted by Gasteiger charge is -2.35. The van der Waals surface area contributed by atoms with Crippen LogP contribution in [0.2, 0.25) is 0 Å². The van der Waals surface area contributed by atoms with Crippen LogP contribution in [-0.4, -0.2) is 139 Å². The van der Waals surface area contributed by atoms with E-state index in [1.165, 1.54) is 18.1 Å². The standard InChI is InChI=1S/C54H69N7O11S2/c1-8-72-44-26-37(20-21-43(44)71-6)42(31-74(7,69)70)61-51(66)39-13-11-14-40(47(39)52(61)67)55-29-46(64)59-24-22-34(23-25-59)12-9-10-15-45(63)58-49(54(3,4)5)53(68)60-30-38(62)27-41(60)50(65)56-28-35-16-18-36(19-17-35)48-33(2)57-32-73-48/h11,13-14,16-21,26,32,34,38,41-42,49,55,62H,8-10,12,15,22-25,27-31H2,1-7H3,(H,56,65)(H,58,63)/t38-,41+,42?,49?/m1/s1. The van der Waals surface area contributed by atoms with E-state index in [-0.39, 0.29) is 67.0 Å². The Hall–Kier alpha value is -6.38. The number of thiazole rings is 1. The maximum absolute atomic E-state index is 14.1. The largest absolute Gasteiger partial charge is 0.493 e. The van der Waals surface area contributed by atoms with Gasteiger partial charge in [0.15, 0.2) is 11.5 Å². The lowest BCUT2D eigenvalue weighted by Crippen LogP contribution is -2.57. The molecule has 7 rings (SSSR count). The van der Waals surface area contributed by atoms with E-state index in [4.69, 9.17) is 9.47 Å². The van der Waals surface area contributed by atoms with Gasteiger partial charge in [-0.05, 0) is 85.4 Å². The number of likely N-dealkylation sites (tertiary alicyclic amines) is 2. The van der Waals surface area contributed by atoms with Crippen molar-refractivity contribution in [2.75, 3.05) is 57.2 Å². The van der Waals surface area contributed by atoms with Crippen LogP contribution in [0, 0.1) is 18.3 Å². The summed E-state index contributed by atoms with van der Waals surface area (Å²) in [4.78, 5) is 92.1. The Morgan fingerprint density at radius 1 is 0.973 bits per heavy atom. The zero-order chi connectivity index (χ0) is 53.5. The molecule has 1 aromatic heterocycles. The first kappa shape index (κ1) is 55.4. The van der Waals surface area contributed by atoms with Crippen molar-refractivity contribution in [2.24, 2.45) is 11.3 Å². The van der Waals surface area contributed by atoms with Crippen molar-refractivity contribution in [3.63, 3.8) is 0 Å². The summed E-state index contributed by atoms with van der Waals surface area (Å²) in [7, 11) is -2.23. The minimum absolute atomic E-state index is 0.0135. The van der Waals surface area contributed by atoms with E-state index in [9.17, 15) is 42.3 Å². The van der Waals surface area contributed by atoms with Crippen LogP contribution in [0.25, 0.3) is 10.4 Å². The summed E-state index contributed by atoms with van der Waals surface area (Å²) in [6.45, 7) is 10.8. The molecule has 2 fully saturated rings. The average molecular weight is 1060 g/mol. The number of piperidine rings is 1. The van der Waals surface area contributed by atoms with Gasteiger partial charge in [0, 0.05) is 51.0 Å². The van der Waals surface area contributed by atoms with Crippen molar-refractivity contribution in [3.8, 4) is 21.9 Å². The number of unbranched alkanes of at least 4 members (excludes halogenated alkanes) is 1. The van der Waals surface area contributed by atoms with Gasteiger partial charge in [0.2, 0.25) is 23.6 Å². The second-order valence-electron chi connectivity index (χ2n) is 20.5. The quantitative estimate of drug-likeness (QED) is 0.0561. The Morgan fingerprint density at radius 3 is 2.35 bits per heavy atom. The number of hydrogen-bond acceptors (Lipinski definition) is 14. The number of methoxy groups -OCH3 is 1. The second-order valence-corrected chi connectivity index (χ2v) is 23.6. The van der Waals surface area contributed by atoms with E-state index in [0.29, 0.717) is 49.1 Å². The summed E-state index contributed by atoms with van der Waals surface area (Å²) >= 11 is 1.57. The SMILES string of the molecule is CCOc1cc(C(CS(C)(=O)=O)N2C(=O)c3cccc(NCC(=O)N4CCC(CCCCC(=O)NC(C(=O)N5C[C@H](O)C[C@H]5C(=O)NCc5ccc(-c6scnc6C)cc5)C(C)(C)C)CC4)c3C2=O)ccc1OC. The summed E-state index contributed by atoms with van der Waals surface area (Å²) in [5.41, 5.74) is 4.83. The molecule has 20 heteroatoms. The van der Waals surface area contributed by atoms with Crippen molar-refractivity contribution in [1.29, 1.82) is 0 Å². The van der Waals surface area contributed by atoms with Crippen LogP contribution in [0.3, 0.4) is 0 Å². The lowest BCUT2D eigenvalue weighted by atomic mass is 9.85. The molecule has 3 aliphatic rings. The van der Waals surface area contributed by atoms with Crippen molar-refractivity contribution in [2.45, 2.75) is 110 Å². The number of nitrogens with one attached hydrogen (secondary N) is 3. The number of benzene rings is 3. The zero-order valence-corrected chi connectivity index (χ0v) is 44.9. The number of ether oxygens (including phenoxy) is 2. The van der Waals surface area contributed by atoms with Crippen molar-refractivity contribution < 1.29 is 51.8 Å². The summed E-state index contributed by atoms with van der Waals surface area (Å²) < 4.78 is 36.5. The number of sulfone groups is 1. The third kappa shape index (κ3) is 13.3. The van der Waals surface area contributed by atoms with E-state index in [1.54, 1.807) is 59.0 Å². The highest BCUT2D eigenvalue weighted by atomic mass is 32.2. The van der Waals surface area contributed by atoms with Crippen LogP contribution in [-0.2, 0) is 35.6 Å². The average Bonchev–Trinajstić information content (AvgIpc) is 4.06. The number of aliphatic hydroxyl groups is 1. The fourth-order valence-electron chi connectivity index (χ4n) is 9.99. The van der Waals surface area contributed by atoms with Crippen LogP contribution < -0.4 is 25.4 Å². The Kier molecular flexibility index (Phi) is 17.9. The van der Waals surface area contributed by atoms with Crippen LogP contribution in [0.4, 0.5) is 5.69 Å². The summed E-state index contributed by atoms with van der Waals surface area (Å²) in [6.07, 6.45) is 4.25. The molecule has 4 atom stereocenters. The molecular formula is C54H69N7O11S2. The zero-order valence-electron chi connectivity index (χ0n) is 43.3. The van der Waals surface area contributed by atoms with Crippen LogP contribution in [0.15, 0.2) is 66.2 Å². The van der Waals surface area contributed by atoms with Gasteiger partial charge >= 0.3 is 0 Å². The van der Waals surface area contributed by atoms with Gasteiger partial charge in [-0.1, -0.05) is 70.0 Å². The highest BCUT2D eigenvalue weighted by Crippen LogP contribution is 2.39. The van der Waals surface area contributed by atoms with Crippen molar-refractivity contribution in [3.05, 3.63) is 94.1 Å². The highest BCUT2D eigenvalue weighted by Gasteiger charge is 2.45. The number of aryl methyl sites for hydroxylation is 1. The molecule has 4 heterocycles. The van der Waals surface area contributed by atoms with Crippen molar-refractivity contribution >= 4 is 62.3 Å². The van der Waals surface area contributed by atoms with Crippen LogP contribution in [0.5, 0.6) is 11.5 Å². The lowest BCUT2D eigenvalue weighted by molar-refractivity contribution is -0.144. The first-order valence-electron chi connectivity index (χ1n) is 25.2. The fourth-order valence-corrected chi connectivity index (χ4v) is 11.7. The van der Waals surface area contributed by atoms with Crippen LogP contribution in [0.1, 0.15) is 116 Å². The monoisotopic (exact) mass is 1060 g/mol. The molecule has 74 heavy (non-hydrogen) atoms. The smallest absolute Gasteiger partial charge is 0.264 e. The number of carbonyl (C=O) groups is 6. The maximum atomic E-state index is 14.1. The van der Waals surface area contributed by atoms with E-state index in [0.717, 1.165) is 58.5 Å². The molecule has 0 bridgehead atoms. The third-order valence-corrected chi connectivity index (χ3v) is 15.9. The van der Waals surface area contributed by atoms with Crippen LogP contribution >= 0.6 is 11.3 Å². The van der Waals surface area contributed by atoms with Gasteiger partial charge < -0.3 is 40.3 Å². The number of aliphatic hydroxyl groups excluding tert-OH is 1. The molecule has 398 valence electrons. The molecule has 6 amide bonds. The molecule has 3 aliphatic heterocycles. The number of rotatable bonds is 21. The molecule has 2 saturated heterocycles. The number of fused-ring (bicyclic) bond motifs is 1. The minimum atomic E-state index is -3.70. The van der Waals surface area contributed by atoms with Gasteiger partial charge in [-0.2, -0.15) is 0 Å². The summed E-state index contributed by atoms with van der Waals surface area (Å²) in [5, 5.41) is 19.6. The van der Waals surface area contributed by atoms with Gasteiger partial charge in [-0.25, -0.2) is 13.4 Å². The molecule has 3 aromatic carbocycles. The fraction of sp³-hybridized carbons (Fsp3) is 0.500. The normalized spacial score (nSPS) is 18.0. The summed E-state index contributed by atoms with van der Waals surface area (Å²) in [5.74, 6) is -1.99. The number of β-amino-alcohol motifs (C(OH)–C–C–N with tert-alkyl or cyclic N) is 1. The number of hydrogen-bond donors (Lipinski definition) is 4. The van der Waals surface area contributed by atoms with Gasteiger partial charge in [0.1, 0.15) is 21.9 Å². The maximum Gasteiger partial charge on any atom is 0.264 e. The number of aromatic nitrogens is 1. The van der Waals surface area contributed by atoms with Crippen molar-refractivity contribution in [1.82, 2.24) is 30.3 Å². The summed E-state index contributed by atoms with van der Waals surface area (Å²) in [6, 6.07) is 14.4. The first-order valence-corrected chi connectivity index (χ1v) is 28.2.